The number of hydrogen-bond acceptors (Lipinski definition) is 11. The van der Waals surface area contributed by atoms with Gasteiger partial charge in [-0.1, -0.05) is 0 Å². The summed E-state index contributed by atoms with van der Waals surface area (Å²) in [6.07, 6.45) is -10.4. The number of rotatable bonds is 5. The number of aliphatic hydroxyl groups is 7. The van der Waals surface area contributed by atoms with Gasteiger partial charge in [-0.3, -0.25) is 0 Å². The molecule has 0 radical (unpaired) electrons. The molecule has 24 heavy (non-hydrogen) atoms. The topological polar surface area (TPSA) is 169 Å². The Morgan fingerprint density at radius 1 is 0.792 bits per heavy atom. The lowest BCUT2D eigenvalue weighted by Gasteiger charge is -2.45. The van der Waals surface area contributed by atoms with Crippen LogP contribution in [0.3, 0.4) is 0 Å². The molecule has 2 fully saturated rings. The number of ether oxygens (including phenoxy) is 3. The van der Waals surface area contributed by atoms with Crippen molar-refractivity contribution in [2.75, 3.05) is 20.3 Å². The fraction of sp³-hybridized carbons (Fsp3) is 1.00. The zero-order valence-electron chi connectivity index (χ0n) is 13.0. The highest BCUT2D eigenvalue weighted by Crippen LogP contribution is 2.37. The quantitative estimate of drug-likeness (QED) is 0.251. The van der Waals surface area contributed by atoms with Crippen molar-refractivity contribution < 1.29 is 50.0 Å². The van der Waals surface area contributed by atoms with E-state index < -0.39 is 72.9 Å². The Balaban J connectivity index is 2.14. The molecular formula is C13H24O10S. The summed E-state index contributed by atoms with van der Waals surface area (Å²) in [5.74, 6) is 0. The van der Waals surface area contributed by atoms with Crippen LogP contribution in [0.15, 0.2) is 0 Å². The zero-order valence-corrected chi connectivity index (χ0v) is 13.8. The van der Waals surface area contributed by atoms with Crippen molar-refractivity contribution in [2.24, 2.45) is 0 Å². The Bertz CT molecular complexity index is 383. The maximum Gasteiger partial charge on any atom is 0.184 e. The Morgan fingerprint density at radius 3 is 1.92 bits per heavy atom. The van der Waals surface area contributed by atoms with Crippen molar-refractivity contribution in [3.8, 4) is 0 Å². The van der Waals surface area contributed by atoms with Gasteiger partial charge >= 0.3 is 0 Å². The molecule has 2 aliphatic heterocycles. The van der Waals surface area contributed by atoms with E-state index in [1.165, 1.54) is 7.11 Å². The fourth-order valence-corrected chi connectivity index (χ4v) is 4.21. The van der Waals surface area contributed by atoms with E-state index in [4.69, 9.17) is 14.2 Å². The minimum Gasteiger partial charge on any atom is -0.394 e. The standard InChI is InChI=1S/C13H24O10S/c1-21-12-10(20)11(7(17)5(3-15)22-12)24-13-9(19)8(18)6(16)4(2-14)23-13/h4-20H,2-3H2,1H3/t4-,5-,6-,7-,8+,9+,10+,11+,12+,13-/m1/s1. The molecule has 0 aromatic heterocycles. The maximum absolute atomic E-state index is 10.3. The van der Waals surface area contributed by atoms with Crippen LogP contribution < -0.4 is 0 Å². The van der Waals surface area contributed by atoms with Crippen molar-refractivity contribution in [2.45, 2.75) is 59.7 Å². The average molecular weight is 372 g/mol. The minimum atomic E-state index is -1.56. The van der Waals surface area contributed by atoms with E-state index in [9.17, 15) is 35.7 Å². The van der Waals surface area contributed by atoms with Crippen LogP contribution in [-0.2, 0) is 14.2 Å². The first kappa shape index (κ1) is 20.3. The van der Waals surface area contributed by atoms with E-state index in [0.29, 0.717) is 0 Å². The smallest absolute Gasteiger partial charge is 0.184 e. The summed E-state index contributed by atoms with van der Waals surface area (Å²) in [4.78, 5) is 0. The molecule has 0 aliphatic carbocycles. The third kappa shape index (κ3) is 3.86. The first-order valence-electron chi connectivity index (χ1n) is 7.46. The lowest BCUT2D eigenvalue weighted by molar-refractivity contribution is -0.259. The molecule has 2 rings (SSSR count). The number of methoxy groups -OCH3 is 1. The lowest BCUT2D eigenvalue weighted by atomic mass is 10.0. The van der Waals surface area contributed by atoms with Crippen molar-refractivity contribution >= 4 is 11.8 Å². The molecule has 0 unspecified atom stereocenters. The van der Waals surface area contributed by atoms with E-state index in [2.05, 4.69) is 0 Å². The minimum absolute atomic E-state index is 0.514. The number of hydrogen-bond donors (Lipinski definition) is 7. The Labute approximate surface area is 142 Å². The monoisotopic (exact) mass is 372 g/mol. The molecule has 10 atom stereocenters. The molecule has 142 valence electrons. The van der Waals surface area contributed by atoms with Crippen LogP contribution in [0, 0.1) is 0 Å². The van der Waals surface area contributed by atoms with Crippen LogP contribution in [0.1, 0.15) is 0 Å². The predicted octanol–water partition coefficient (Wildman–Crippen LogP) is -4.03. The molecule has 0 amide bonds. The van der Waals surface area contributed by atoms with Gasteiger partial charge in [0.05, 0.1) is 24.6 Å². The SMILES string of the molecule is CO[C@H]1O[C@H](CO)[C@@H](O)[C@H](S[C@H]2O[C@H](CO)[C@@H](O)[C@H](O)[C@@H]2O)[C@@H]1O. The van der Waals surface area contributed by atoms with Crippen LogP contribution in [0.25, 0.3) is 0 Å². The normalized spacial score (nSPS) is 50.0. The van der Waals surface area contributed by atoms with E-state index in [0.717, 1.165) is 11.8 Å². The third-order valence-electron chi connectivity index (χ3n) is 4.19. The summed E-state index contributed by atoms with van der Waals surface area (Å²) in [7, 11) is 1.29. The summed E-state index contributed by atoms with van der Waals surface area (Å²) >= 11 is 0.803. The maximum atomic E-state index is 10.3. The molecule has 2 aliphatic rings. The first-order chi connectivity index (χ1) is 11.3. The van der Waals surface area contributed by atoms with Gasteiger partial charge in [-0.25, -0.2) is 0 Å². The van der Waals surface area contributed by atoms with Crippen LogP contribution in [0.4, 0.5) is 0 Å². The summed E-state index contributed by atoms with van der Waals surface area (Å²) < 4.78 is 15.5. The molecule has 0 aromatic rings. The lowest BCUT2D eigenvalue weighted by Crippen LogP contribution is -2.61. The van der Waals surface area contributed by atoms with Crippen molar-refractivity contribution in [3.05, 3.63) is 0 Å². The number of aliphatic hydroxyl groups excluding tert-OH is 7. The van der Waals surface area contributed by atoms with Crippen LogP contribution in [0.2, 0.25) is 0 Å². The number of thioether (sulfide) groups is 1. The average Bonchev–Trinajstić information content (AvgIpc) is 2.58. The highest BCUT2D eigenvalue weighted by atomic mass is 32.2. The molecule has 11 heteroatoms. The van der Waals surface area contributed by atoms with Crippen molar-refractivity contribution in [1.29, 1.82) is 0 Å². The molecule has 0 aromatic carbocycles. The molecule has 7 N–H and O–H groups in total. The van der Waals surface area contributed by atoms with Gasteiger partial charge in [0.15, 0.2) is 6.29 Å². The first-order valence-corrected chi connectivity index (χ1v) is 8.41. The Kier molecular flexibility index (Phi) is 7.22. The molecule has 0 spiro atoms. The van der Waals surface area contributed by atoms with Crippen LogP contribution in [-0.4, -0.2) is 116 Å². The summed E-state index contributed by atoms with van der Waals surface area (Å²) in [6, 6.07) is 0. The predicted molar refractivity (Wildman–Crippen MR) is 79.9 cm³/mol. The van der Waals surface area contributed by atoms with Crippen LogP contribution in [0.5, 0.6) is 0 Å². The van der Waals surface area contributed by atoms with Gasteiger partial charge in [0.2, 0.25) is 0 Å². The van der Waals surface area contributed by atoms with E-state index in [1.807, 2.05) is 0 Å². The molecule has 2 saturated heterocycles. The van der Waals surface area contributed by atoms with Crippen LogP contribution >= 0.6 is 11.8 Å². The molecule has 10 nitrogen and oxygen atoms in total. The molecule has 2 heterocycles. The summed E-state index contributed by atoms with van der Waals surface area (Å²) in [5, 5.41) is 67.6. The highest BCUT2D eigenvalue weighted by molar-refractivity contribution is 8.00. The fourth-order valence-electron chi connectivity index (χ4n) is 2.74. The highest BCUT2D eigenvalue weighted by Gasteiger charge is 2.50. The van der Waals surface area contributed by atoms with Gasteiger partial charge in [-0.05, 0) is 0 Å². The Morgan fingerprint density at radius 2 is 1.38 bits per heavy atom. The second-order valence-electron chi connectivity index (χ2n) is 5.74. The van der Waals surface area contributed by atoms with Gasteiger partial charge in [-0.15, -0.1) is 11.8 Å². The summed E-state index contributed by atoms with van der Waals surface area (Å²) in [5.41, 5.74) is -1.13. The molecular weight excluding hydrogens is 348 g/mol. The molecule has 0 bridgehead atoms. The van der Waals surface area contributed by atoms with Gasteiger partial charge in [-0.2, -0.15) is 0 Å². The largest absolute Gasteiger partial charge is 0.394 e. The van der Waals surface area contributed by atoms with Gasteiger partial charge < -0.3 is 50.0 Å². The second-order valence-corrected chi connectivity index (χ2v) is 7.02. The van der Waals surface area contributed by atoms with Crippen molar-refractivity contribution in [3.63, 3.8) is 0 Å². The van der Waals surface area contributed by atoms with Crippen molar-refractivity contribution in [1.82, 2.24) is 0 Å². The van der Waals surface area contributed by atoms with Gasteiger partial charge in [0.25, 0.3) is 0 Å². The van der Waals surface area contributed by atoms with E-state index in [-0.39, 0.29) is 0 Å². The molecule has 0 saturated carbocycles. The zero-order chi connectivity index (χ0) is 18.0. The Hall–Kier alpha value is -0.0500. The van der Waals surface area contributed by atoms with E-state index >= 15 is 0 Å². The van der Waals surface area contributed by atoms with Gasteiger partial charge in [0, 0.05) is 7.11 Å². The summed E-state index contributed by atoms with van der Waals surface area (Å²) in [6.45, 7) is -1.10. The van der Waals surface area contributed by atoms with Gasteiger partial charge in [0.1, 0.15) is 42.1 Å². The van der Waals surface area contributed by atoms with E-state index in [1.54, 1.807) is 0 Å². The third-order valence-corrected chi connectivity index (χ3v) is 5.72. The second kappa shape index (κ2) is 8.56.